The van der Waals surface area contributed by atoms with Crippen molar-refractivity contribution in [3.63, 3.8) is 0 Å². The smallest absolute Gasteiger partial charge is 0.344 e. The van der Waals surface area contributed by atoms with E-state index in [9.17, 15) is 14.4 Å². The second-order valence-electron chi connectivity index (χ2n) is 7.05. The number of nitrogens with zero attached hydrogens (tertiary/aromatic N) is 1. The molecule has 2 aromatic rings. The first-order chi connectivity index (χ1) is 14.2. The van der Waals surface area contributed by atoms with Gasteiger partial charge in [-0.3, -0.25) is 19.8 Å². The molecule has 0 bridgehead atoms. The van der Waals surface area contributed by atoms with Gasteiger partial charge in [-0.25, -0.2) is 4.79 Å². The van der Waals surface area contributed by atoms with Crippen molar-refractivity contribution in [2.24, 2.45) is 0 Å². The fourth-order valence-corrected chi connectivity index (χ4v) is 3.24. The number of nitrogens with one attached hydrogen (secondary N) is 1. The number of carbonyl (C=O) groups is 3. The molecule has 8 nitrogen and oxygen atoms in total. The average Bonchev–Trinajstić information content (AvgIpc) is 2.97. The van der Waals surface area contributed by atoms with Crippen LogP contribution in [0.3, 0.4) is 0 Å². The topological polar surface area (TPSA) is 98.1 Å². The number of anilines is 1. The van der Waals surface area contributed by atoms with E-state index in [4.69, 9.17) is 13.9 Å². The lowest BCUT2D eigenvalue weighted by atomic mass is 10.1. The molecule has 0 saturated carbocycles. The monoisotopic (exact) mass is 416 g/mol. The molecule has 0 radical (unpaired) electrons. The Morgan fingerprint density at radius 3 is 2.47 bits per heavy atom. The number of hydrogen-bond donors (Lipinski definition) is 1. The minimum absolute atomic E-state index is 0.0362. The molecular weight excluding hydrogens is 388 g/mol. The van der Waals surface area contributed by atoms with Gasteiger partial charge in [-0.05, 0) is 40.8 Å². The summed E-state index contributed by atoms with van der Waals surface area (Å²) in [5.41, 5.74) is 2.10. The maximum Gasteiger partial charge on any atom is 0.344 e. The molecule has 8 heteroatoms. The van der Waals surface area contributed by atoms with Crippen LogP contribution in [0.4, 0.5) is 5.88 Å². The maximum absolute atomic E-state index is 12.6. The maximum atomic E-state index is 12.6. The van der Waals surface area contributed by atoms with Crippen molar-refractivity contribution in [3.05, 3.63) is 46.2 Å². The first-order valence-corrected chi connectivity index (χ1v) is 9.61. The molecule has 0 unspecified atom stereocenters. The quantitative estimate of drug-likeness (QED) is 0.494. The highest BCUT2D eigenvalue weighted by Gasteiger charge is 2.28. The number of Topliss-reactive ketones (excluding diaryl/α,β-unsaturated/α-hetero) is 1. The number of ketones is 1. The fraction of sp³-hybridized carbons (Fsp3) is 0.409. The van der Waals surface area contributed by atoms with Crippen molar-refractivity contribution in [1.82, 2.24) is 4.90 Å². The zero-order chi connectivity index (χ0) is 22.4. The van der Waals surface area contributed by atoms with Crippen molar-refractivity contribution < 1.29 is 28.3 Å². The van der Waals surface area contributed by atoms with Crippen LogP contribution in [0.2, 0.25) is 0 Å². The number of esters is 1. The zero-order valence-corrected chi connectivity index (χ0v) is 18.3. The first kappa shape index (κ1) is 23.2. The molecule has 0 aliphatic heterocycles. The lowest BCUT2D eigenvalue weighted by Gasteiger charge is -2.18. The first-order valence-electron chi connectivity index (χ1n) is 9.61. The number of hydrogen-bond acceptors (Lipinski definition) is 7. The standard InChI is InChI=1S/C22H28N2O6/c1-7-29-22(27)20-19(14(3)25)15(4)30-21(20)23-18(26)12-24(5)11-16-10-13(2)8-9-17(16)28-6/h8-10H,7,11-12H2,1-6H3,(H,23,26). The third-order valence-electron chi connectivity index (χ3n) is 4.46. The van der Waals surface area contributed by atoms with Gasteiger partial charge in [0.15, 0.2) is 5.78 Å². The predicted molar refractivity (Wildman–Crippen MR) is 112 cm³/mol. The summed E-state index contributed by atoms with van der Waals surface area (Å²) in [5, 5.41) is 2.59. The van der Waals surface area contributed by atoms with E-state index in [0.29, 0.717) is 6.54 Å². The fourth-order valence-electron chi connectivity index (χ4n) is 3.24. The number of aryl methyl sites for hydroxylation is 2. The van der Waals surface area contributed by atoms with Crippen LogP contribution in [0, 0.1) is 13.8 Å². The largest absolute Gasteiger partial charge is 0.496 e. The Balaban J connectivity index is 2.16. The highest BCUT2D eigenvalue weighted by Crippen LogP contribution is 2.28. The summed E-state index contributed by atoms with van der Waals surface area (Å²) in [5.74, 6) is -0.540. The Morgan fingerprint density at radius 1 is 1.17 bits per heavy atom. The SMILES string of the molecule is CCOC(=O)c1c(NC(=O)CN(C)Cc2cc(C)ccc2OC)oc(C)c1C(C)=O. The lowest BCUT2D eigenvalue weighted by Crippen LogP contribution is -2.30. The molecule has 0 saturated heterocycles. The van der Waals surface area contributed by atoms with Crippen LogP contribution in [0.5, 0.6) is 5.75 Å². The second kappa shape index (κ2) is 10.1. The normalized spacial score (nSPS) is 10.8. The molecule has 1 heterocycles. The number of benzene rings is 1. The summed E-state index contributed by atoms with van der Waals surface area (Å²) in [6.45, 7) is 7.19. The van der Waals surface area contributed by atoms with E-state index >= 15 is 0 Å². The molecule has 0 aliphatic rings. The molecule has 1 amide bonds. The summed E-state index contributed by atoms with van der Waals surface area (Å²) in [6, 6.07) is 5.85. The van der Waals surface area contributed by atoms with Gasteiger partial charge in [-0.15, -0.1) is 0 Å². The minimum Gasteiger partial charge on any atom is -0.496 e. The van der Waals surface area contributed by atoms with E-state index in [0.717, 1.165) is 16.9 Å². The Bertz CT molecular complexity index is 947. The highest BCUT2D eigenvalue weighted by atomic mass is 16.5. The van der Waals surface area contributed by atoms with Crippen LogP contribution in [0.25, 0.3) is 0 Å². The van der Waals surface area contributed by atoms with Crippen LogP contribution in [0.1, 0.15) is 51.5 Å². The molecule has 2 rings (SSSR count). The third kappa shape index (κ3) is 5.48. The van der Waals surface area contributed by atoms with Crippen LogP contribution < -0.4 is 10.1 Å². The molecular formula is C22H28N2O6. The van der Waals surface area contributed by atoms with E-state index < -0.39 is 11.9 Å². The second-order valence-corrected chi connectivity index (χ2v) is 7.05. The zero-order valence-electron chi connectivity index (χ0n) is 18.3. The summed E-state index contributed by atoms with van der Waals surface area (Å²) in [7, 11) is 3.39. The van der Waals surface area contributed by atoms with Crippen LogP contribution in [-0.4, -0.2) is 49.9 Å². The number of furan rings is 1. The van der Waals surface area contributed by atoms with E-state index in [1.165, 1.54) is 6.92 Å². The molecule has 0 spiro atoms. The van der Waals surface area contributed by atoms with Crippen molar-refractivity contribution in [2.45, 2.75) is 34.2 Å². The molecule has 0 fully saturated rings. The summed E-state index contributed by atoms with van der Waals surface area (Å²) >= 11 is 0. The molecule has 1 N–H and O–H groups in total. The molecule has 1 aromatic carbocycles. The summed E-state index contributed by atoms with van der Waals surface area (Å²) < 4.78 is 15.9. The number of amides is 1. The summed E-state index contributed by atoms with van der Waals surface area (Å²) in [6.07, 6.45) is 0. The van der Waals surface area contributed by atoms with Gasteiger partial charge in [0.25, 0.3) is 0 Å². The van der Waals surface area contributed by atoms with E-state index in [1.807, 2.05) is 25.1 Å². The Hall–Kier alpha value is -3.13. The third-order valence-corrected chi connectivity index (χ3v) is 4.46. The van der Waals surface area contributed by atoms with Crippen LogP contribution >= 0.6 is 0 Å². The van der Waals surface area contributed by atoms with Gasteiger partial charge in [0.05, 0.1) is 25.8 Å². The van der Waals surface area contributed by atoms with E-state index in [-0.39, 0.29) is 41.7 Å². The number of carbonyl (C=O) groups excluding carboxylic acids is 3. The number of rotatable bonds is 9. The van der Waals surface area contributed by atoms with Gasteiger partial charge in [-0.1, -0.05) is 17.7 Å². The molecule has 1 aromatic heterocycles. The van der Waals surface area contributed by atoms with Crippen LogP contribution in [0.15, 0.2) is 22.6 Å². The van der Waals surface area contributed by atoms with Gasteiger partial charge in [0, 0.05) is 12.1 Å². The minimum atomic E-state index is -0.715. The van der Waals surface area contributed by atoms with Gasteiger partial charge in [0.1, 0.15) is 17.1 Å². The number of methoxy groups -OCH3 is 1. The summed E-state index contributed by atoms with van der Waals surface area (Å²) in [4.78, 5) is 38.7. The number of likely N-dealkylation sites (N-methyl/N-ethyl adjacent to an activating group) is 1. The molecule has 30 heavy (non-hydrogen) atoms. The predicted octanol–water partition coefficient (Wildman–Crippen LogP) is 3.35. The Morgan fingerprint density at radius 2 is 1.87 bits per heavy atom. The van der Waals surface area contributed by atoms with E-state index in [1.54, 1.807) is 32.9 Å². The van der Waals surface area contributed by atoms with Crippen molar-refractivity contribution in [3.8, 4) is 5.75 Å². The van der Waals surface area contributed by atoms with Crippen molar-refractivity contribution in [1.29, 1.82) is 0 Å². The number of ether oxygens (including phenoxy) is 2. The molecule has 0 aliphatic carbocycles. The van der Waals surface area contributed by atoms with E-state index in [2.05, 4.69) is 5.32 Å². The Labute approximate surface area is 176 Å². The van der Waals surface area contributed by atoms with Gasteiger partial charge in [-0.2, -0.15) is 0 Å². The van der Waals surface area contributed by atoms with Gasteiger partial charge >= 0.3 is 5.97 Å². The van der Waals surface area contributed by atoms with Crippen molar-refractivity contribution >= 4 is 23.5 Å². The van der Waals surface area contributed by atoms with Crippen LogP contribution in [-0.2, 0) is 16.1 Å². The van der Waals surface area contributed by atoms with Gasteiger partial charge in [0.2, 0.25) is 11.8 Å². The highest BCUT2D eigenvalue weighted by molar-refractivity contribution is 6.10. The molecule has 0 atom stereocenters. The molecule has 162 valence electrons. The van der Waals surface area contributed by atoms with Crippen molar-refractivity contribution in [2.75, 3.05) is 32.6 Å². The lowest BCUT2D eigenvalue weighted by molar-refractivity contribution is -0.117. The average molecular weight is 416 g/mol. The Kier molecular flexibility index (Phi) is 7.77. The van der Waals surface area contributed by atoms with Gasteiger partial charge < -0.3 is 13.9 Å².